The van der Waals surface area contributed by atoms with Crippen molar-refractivity contribution in [2.45, 2.75) is 0 Å². The van der Waals surface area contributed by atoms with Crippen LogP contribution in [0.4, 0.5) is 10.1 Å². The van der Waals surface area contributed by atoms with Crippen LogP contribution in [0.5, 0.6) is 0 Å². The molecule has 1 aromatic heterocycles. The summed E-state index contributed by atoms with van der Waals surface area (Å²) in [5, 5.41) is 8.66. The van der Waals surface area contributed by atoms with Crippen LogP contribution in [0, 0.1) is 5.82 Å². The van der Waals surface area contributed by atoms with Crippen LogP contribution >= 0.6 is 12.2 Å². The molecule has 7 heteroatoms. The van der Waals surface area contributed by atoms with Crippen molar-refractivity contribution in [1.29, 1.82) is 0 Å². The van der Waals surface area contributed by atoms with Crippen molar-refractivity contribution < 1.29 is 4.39 Å². The fourth-order valence-electron chi connectivity index (χ4n) is 1.84. The summed E-state index contributed by atoms with van der Waals surface area (Å²) in [5.41, 5.74) is 3.99. The average molecular weight is 305 g/mol. The van der Waals surface area contributed by atoms with E-state index in [1.165, 1.54) is 12.4 Å². The number of thiocarbonyl (C=S) groups is 1. The number of hydrogen-bond acceptors (Lipinski definition) is 4. The SMILES string of the molecule is CNc1cccc2c(/C=N/NC(=S)N(C)C)ncc(F)c12. The average Bonchev–Trinajstić information content (AvgIpc) is 2.48. The summed E-state index contributed by atoms with van der Waals surface area (Å²) < 4.78 is 14.0. The van der Waals surface area contributed by atoms with Crippen LogP contribution in [-0.2, 0) is 0 Å². The van der Waals surface area contributed by atoms with Crippen LogP contribution in [-0.4, -0.2) is 42.4 Å². The Labute approximate surface area is 127 Å². The summed E-state index contributed by atoms with van der Waals surface area (Å²) in [6, 6.07) is 5.45. The molecule has 0 amide bonds. The maximum absolute atomic E-state index is 14.0. The maximum Gasteiger partial charge on any atom is 0.189 e. The van der Waals surface area contributed by atoms with Gasteiger partial charge in [-0.05, 0) is 18.3 Å². The Morgan fingerprint density at radius 3 is 2.86 bits per heavy atom. The Balaban J connectivity index is 2.40. The Kier molecular flexibility index (Phi) is 4.64. The topological polar surface area (TPSA) is 52.6 Å². The van der Waals surface area contributed by atoms with Crippen molar-refractivity contribution in [3.63, 3.8) is 0 Å². The molecule has 2 N–H and O–H groups in total. The van der Waals surface area contributed by atoms with E-state index in [1.807, 2.05) is 26.2 Å². The molecular weight excluding hydrogens is 289 g/mol. The molecule has 2 aromatic rings. The second-order valence-corrected chi connectivity index (χ2v) is 4.93. The second-order valence-electron chi connectivity index (χ2n) is 4.54. The van der Waals surface area contributed by atoms with Crippen molar-refractivity contribution in [3.8, 4) is 0 Å². The van der Waals surface area contributed by atoms with Crippen molar-refractivity contribution in [3.05, 3.63) is 35.9 Å². The minimum Gasteiger partial charge on any atom is -0.388 e. The molecule has 0 aliphatic carbocycles. The highest BCUT2D eigenvalue weighted by atomic mass is 32.1. The minimum atomic E-state index is -0.371. The molecule has 2 rings (SSSR count). The molecule has 0 spiro atoms. The number of aromatic nitrogens is 1. The van der Waals surface area contributed by atoms with Crippen molar-refractivity contribution >= 4 is 40.0 Å². The molecule has 0 aliphatic heterocycles. The first kappa shape index (κ1) is 15.1. The van der Waals surface area contributed by atoms with Crippen LogP contribution in [0.2, 0.25) is 0 Å². The van der Waals surface area contributed by atoms with Gasteiger partial charge in [-0.2, -0.15) is 5.10 Å². The predicted molar refractivity (Wildman–Crippen MR) is 88.3 cm³/mol. The summed E-state index contributed by atoms with van der Waals surface area (Å²) in [7, 11) is 5.38. The number of nitrogens with zero attached hydrogens (tertiary/aromatic N) is 3. The summed E-state index contributed by atoms with van der Waals surface area (Å²) in [6.45, 7) is 0. The summed E-state index contributed by atoms with van der Waals surface area (Å²) in [4.78, 5) is 5.80. The van der Waals surface area contributed by atoms with E-state index in [0.717, 1.165) is 0 Å². The van der Waals surface area contributed by atoms with Gasteiger partial charge in [0.1, 0.15) is 0 Å². The van der Waals surface area contributed by atoms with Gasteiger partial charge in [-0.1, -0.05) is 12.1 Å². The van der Waals surface area contributed by atoms with Gasteiger partial charge in [0.25, 0.3) is 0 Å². The highest BCUT2D eigenvalue weighted by Gasteiger charge is 2.09. The van der Waals surface area contributed by atoms with E-state index >= 15 is 0 Å². The highest BCUT2D eigenvalue weighted by molar-refractivity contribution is 7.80. The van der Waals surface area contributed by atoms with E-state index in [4.69, 9.17) is 12.2 Å². The van der Waals surface area contributed by atoms with Crippen LogP contribution in [0.15, 0.2) is 29.5 Å². The van der Waals surface area contributed by atoms with Gasteiger partial charge in [0.2, 0.25) is 0 Å². The van der Waals surface area contributed by atoms with Gasteiger partial charge in [0.15, 0.2) is 10.9 Å². The quantitative estimate of drug-likeness (QED) is 0.517. The number of rotatable bonds is 3. The van der Waals surface area contributed by atoms with E-state index in [1.54, 1.807) is 18.0 Å². The number of hydrogen-bond donors (Lipinski definition) is 2. The highest BCUT2D eigenvalue weighted by Crippen LogP contribution is 2.26. The van der Waals surface area contributed by atoms with Crippen LogP contribution in [0.25, 0.3) is 10.8 Å². The normalized spacial score (nSPS) is 10.9. The largest absolute Gasteiger partial charge is 0.388 e. The predicted octanol–water partition coefficient (Wildman–Crippen LogP) is 2.19. The van der Waals surface area contributed by atoms with Gasteiger partial charge < -0.3 is 10.2 Å². The minimum absolute atomic E-state index is 0.371. The summed E-state index contributed by atoms with van der Waals surface area (Å²) in [5.74, 6) is -0.371. The van der Waals surface area contributed by atoms with Crippen molar-refractivity contribution in [1.82, 2.24) is 15.3 Å². The zero-order valence-electron chi connectivity index (χ0n) is 12.0. The van der Waals surface area contributed by atoms with Crippen molar-refractivity contribution in [2.75, 3.05) is 26.5 Å². The van der Waals surface area contributed by atoms with Crippen LogP contribution in [0.1, 0.15) is 5.69 Å². The lowest BCUT2D eigenvalue weighted by molar-refractivity contribution is 0.606. The molecule has 0 fully saturated rings. The lowest BCUT2D eigenvalue weighted by Crippen LogP contribution is -2.30. The Hall–Kier alpha value is -2.28. The zero-order valence-corrected chi connectivity index (χ0v) is 12.8. The molecule has 0 radical (unpaired) electrons. The third-order valence-electron chi connectivity index (χ3n) is 2.92. The van der Waals surface area contributed by atoms with Crippen LogP contribution in [0.3, 0.4) is 0 Å². The first-order chi connectivity index (χ1) is 10.0. The van der Waals surface area contributed by atoms with Gasteiger partial charge in [-0.25, -0.2) is 4.39 Å². The number of nitrogens with one attached hydrogen (secondary N) is 2. The Bertz CT molecular complexity index is 699. The molecule has 0 bridgehead atoms. The molecule has 5 nitrogen and oxygen atoms in total. The monoisotopic (exact) mass is 305 g/mol. The smallest absolute Gasteiger partial charge is 0.189 e. The standard InChI is InChI=1S/C14H16FN5S/c1-16-11-6-4-5-9-12(17-7-10(15)13(9)11)8-18-19-14(21)20(2)3/h4-8,16H,1-3H3,(H,19,21)/b18-8+. The zero-order chi connectivity index (χ0) is 15.4. The lowest BCUT2D eigenvalue weighted by atomic mass is 10.1. The van der Waals surface area contributed by atoms with E-state index in [9.17, 15) is 4.39 Å². The summed E-state index contributed by atoms with van der Waals surface area (Å²) in [6.07, 6.45) is 2.71. The summed E-state index contributed by atoms with van der Waals surface area (Å²) >= 11 is 5.06. The molecule has 21 heavy (non-hydrogen) atoms. The van der Waals surface area contributed by atoms with E-state index in [-0.39, 0.29) is 5.82 Å². The van der Waals surface area contributed by atoms with Gasteiger partial charge in [-0.15, -0.1) is 0 Å². The molecule has 1 aromatic carbocycles. The lowest BCUT2D eigenvalue weighted by Gasteiger charge is -2.11. The van der Waals surface area contributed by atoms with Gasteiger partial charge in [0, 0.05) is 37.6 Å². The number of halogens is 1. The van der Waals surface area contributed by atoms with Gasteiger partial charge in [0.05, 0.1) is 18.1 Å². The fraction of sp³-hybridized carbons (Fsp3) is 0.214. The molecule has 0 unspecified atom stereocenters. The van der Waals surface area contributed by atoms with Gasteiger partial charge in [-0.3, -0.25) is 10.4 Å². The fourth-order valence-corrected chi connectivity index (χ4v) is 1.90. The number of fused-ring (bicyclic) bond motifs is 1. The first-order valence-electron chi connectivity index (χ1n) is 6.30. The second kappa shape index (κ2) is 6.45. The third kappa shape index (κ3) is 3.25. The molecule has 0 aliphatic rings. The maximum atomic E-state index is 14.0. The number of hydrazone groups is 1. The van der Waals surface area contributed by atoms with Crippen LogP contribution < -0.4 is 10.7 Å². The number of pyridine rings is 1. The number of benzene rings is 1. The van der Waals surface area contributed by atoms with E-state index in [0.29, 0.717) is 27.3 Å². The van der Waals surface area contributed by atoms with E-state index < -0.39 is 0 Å². The molecule has 0 saturated carbocycles. The van der Waals surface area contributed by atoms with E-state index in [2.05, 4.69) is 20.8 Å². The molecular formula is C14H16FN5S. The Morgan fingerprint density at radius 1 is 1.43 bits per heavy atom. The van der Waals surface area contributed by atoms with Crippen molar-refractivity contribution in [2.24, 2.45) is 5.10 Å². The van der Waals surface area contributed by atoms with Gasteiger partial charge >= 0.3 is 0 Å². The molecule has 1 heterocycles. The first-order valence-corrected chi connectivity index (χ1v) is 6.70. The Morgan fingerprint density at radius 2 is 2.19 bits per heavy atom. The molecule has 0 atom stereocenters. The molecule has 0 saturated heterocycles. The third-order valence-corrected chi connectivity index (χ3v) is 3.38. The number of anilines is 1. The molecule has 110 valence electrons.